The number of rotatable bonds is 8. The van der Waals surface area contributed by atoms with Crippen molar-refractivity contribution in [3.63, 3.8) is 0 Å². The maximum absolute atomic E-state index is 12.2. The quantitative estimate of drug-likeness (QED) is 0.222. The van der Waals surface area contributed by atoms with E-state index in [4.69, 9.17) is 21.1 Å². The first kappa shape index (κ1) is 25.4. The van der Waals surface area contributed by atoms with Gasteiger partial charge in [0, 0.05) is 35.6 Å². The van der Waals surface area contributed by atoms with Gasteiger partial charge in [-0.25, -0.2) is 4.79 Å². The van der Waals surface area contributed by atoms with Crippen molar-refractivity contribution >= 4 is 62.5 Å². The summed E-state index contributed by atoms with van der Waals surface area (Å²) < 4.78 is 13.6. The van der Waals surface area contributed by atoms with Gasteiger partial charge >= 0.3 is 5.97 Å². The van der Waals surface area contributed by atoms with E-state index in [1.807, 2.05) is 42.3 Å². The first-order chi connectivity index (χ1) is 16.5. The summed E-state index contributed by atoms with van der Waals surface area (Å²) in [5, 5.41) is 4.53. The van der Waals surface area contributed by atoms with Gasteiger partial charge in [0.05, 0.1) is 23.6 Å². The van der Waals surface area contributed by atoms with Crippen LogP contribution in [-0.2, 0) is 10.5 Å². The van der Waals surface area contributed by atoms with E-state index in [2.05, 4.69) is 43.8 Å². The SMILES string of the molecule is COC(=O)c1sc(-c2cccc(NC3CCN(SCc4ccccc4Cl)CC3)c2)c(Br)c1OC. The second kappa shape index (κ2) is 11.8. The molecule has 1 aliphatic heterocycles. The summed E-state index contributed by atoms with van der Waals surface area (Å²) in [6, 6.07) is 16.7. The monoisotopic (exact) mass is 580 g/mol. The molecule has 2 heterocycles. The number of halogens is 2. The molecule has 0 atom stereocenters. The summed E-state index contributed by atoms with van der Waals surface area (Å²) in [6.45, 7) is 2.06. The normalized spacial score (nSPS) is 14.7. The molecule has 1 fully saturated rings. The minimum Gasteiger partial charge on any atom is -0.494 e. The van der Waals surface area contributed by atoms with Crippen LogP contribution in [0.4, 0.5) is 5.69 Å². The Kier molecular flexibility index (Phi) is 8.82. The minimum atomic E-state index is -0.401. The van der Waals surface area contributed by atoms with Crippen molar-refractivity contribution in [2.75, 3.05) is 32.6 Å². The van der Waals surface area contributed by atoms with Crippen LogP contribution in [0.5, 0.6) is 5.75 Å². The fourth-order valence-corrected chi connectivity index (χ4v) is 7.25. The van der Waals surface area contributed by atoms with Gasteiger partial charge in [0.15, 0.2) is 10.6 Å². The number of benzene rings is 2. The standard InChI is InChI=1S/C25H26BrClN2O3S2/c1-31-22-21(26)23(34-24(22)25(30)32-2)16-7-5-8-19(14-16)28-18-10-12-29(13-11-18)33-15-17-6-3-4-9-20(17)27/h3-9,14,18,28H,10-13,15H2,1-2H3. The number of thiophene rings is 1. The number of nitrogens with one attached hydrogen (secondary N) is 1. The molecule has 3 aromatic rings. The maximum atomic E-state index is 12.2. The molecule has 180 valence electrons. The van der Waals surface area contributed by atoms with Crippen molar-refractivity contribution in [2.24, 2.45) is 0 Å². The lowest BCUT2D eigenvalue weighted by atomic mass is 10.1. The lowest BCUT2D eigenvalue weighted by Crippen LogP contribution is -2.35. The van der Waals surface area contributed by atoms with E-state index in [1.165, 1.54) is 24.0 Å². The van der Waals surface area contributed by atoms with Gasteiger partial charge < -0.3 is 14.8 Å². The number of hydrogen-bond donors (Lipinski definition) is 1. The van der Waals surface area contributed by atoms with E-state index in [1.54, 1.807) is 7.11 Å². The Bertz CT molecular complexity index is 1150. The molecule has 2 aromatic carbocycles. The highest BCUT2D eigenvalue weighted by atomic mass is 79.9. The van der Waals surface area contributed by atoms with Crippen LogP contribution < -0.4 is 10.1 Å². The minimum absolute atomic E-state index is 0.401. The van der Waals surface area contributed by atoms with Crippen molar-refractivity contribution < 1.29 is 14.3 Å². The zero-order valence-electron chi connectivity index (χ0n) is 19.0. The zero-order chi connectivity index (χ0) is 24.1. The van der Waals surface area contributed by atoms with Gasteiger partial charge in [-0.15, -0.1) is 11.3 Å². The highest BCUT2D eigenvalue weighted by Crippen LogP contribution is 2.46. The molecule has 0 aliphatic carbocycles. The van der Waals surface area contributed by atoms with Crippen LogP contribution in [0.2, 0.25) is 5.02 Å². The average molecular weight is 582 g/mol. The topological polar surface area (TPSA) is 50.8 Å². The molecule has 0 saturated carbocycles. The summed E-state index contributed by atoms with van der Waals surface area (Å²) in [6.07, 6.45) is 2.14. The Hall–Kier alpha value is -1.71. The highest BCUT2D eigenvalue weighted by molar-refractivity contribution is 9.10. The maximum Gasteiger partial charge on any atom is 0.351 e. The molecule has 1 aromatic heterocycles. The Morgan fingerprint density at radius 2 is 1.97 bits per heavy atom. The van der Waals surface area contributed by atoms with Crippen molar-refractivity contribution in [2.45, 2.75) is 24.6 Å². The Morgan fingerprint density at radius 1 is 1.21 bits per heavy atom. The summed E-state index contributed by atoms with van der Waals surface area (Å²) in [4.78, 5) is 13.5. The molecule has 1 aliphatic rings. The number of anilines is 1. The van der Waals surface area contributed by atoms with E-state index >= 15 is 0 Å². The molecule has 0 bridgehead atoms. The number of nitrogens with zero attached hydrogens (tertiary/aromatic N) is 1. The van der Waals surface area contributed by atoms with Crippen LogP contribution in [0.15, 0.2) is 53.0 Å². The smallest absolute Gasteiger partial charge is 0.351 e. The predicted molar refractivity (Wildman–Crippen MR) is 146 cm³/mol. The van der Waals surface area contributed by atoms with Gasteiger partial charge in [0.25, 0.3) is 0 Å². The van der Waals surface area contributed by atoms with Crippen LogP contribution in [0.3, 0.4) is 0 Å². The molecule has 5 nitrogen and oxygen atoms in total. The van der Waals surface area contributed by atoms with E-state index < -0.39 is 5.97 Å². The molecular weight excluding hydrogens is 556 g/mol. The lowest BCUT2D eigenvalue weighted by Gasteiger charge is -2.32. The summed E-state index contributed by atoms with van der Waals surface area (Å²) in [5.41, 5.74) is 3.26. The van der Waals surface area contributed by atoms with Crippen molar-refractivity contribution in [3.05, 3.63) is 68.5 Å². The number of methoxy groups -OCH3 is 2. The number of carbonyl (C=O) groups excluding carboxylic acids is 1. The van der Waals surface area contributed by atoms with Crippen molar-refractivity contribution in [1.29, 1.82) is 0 Å². The number of piperidine rings is 1. The van der Waals surface area contributed by atoms with Crippen LogP contribution in [0.25, 0.3) is 10.4 Å². The molecule has 34 heavy (non-hydrogen) atoms. The van der Waals surface area contributed by atoms with Crippen molar-refractivity contribution in [3.8, 4) is 16.2 Å². The molecule has 1 saturated heterocycles. The number of hydrogen-bond acceptors (Lipinski definition) is 7. The first-order valence-electron chi connectivity index (χ1n) is 10.9. The molecule has 4 rings (SSSR count). The predicted octanol–water partition coefficient (Wildman–Crippen LogP) is 7.35. The second-order valence-corrected chi connectivity index (χ2v) is 11.2. The van der Waals surface area contributed by atoms with Crippen molar-refractivity contribution in [1.82, 2.24) is 4.31 Å². The Balaban J connectivity index is 1.37. The van der Waals surface area contributed by atoms with Gasteiger partial charge in [0.1, 0.15) is 0 Å². The Morgan fingerprint density at radius 3 is 2.68 bits per heavy atom. The third-order valence-corrected chi connectivity index (χ3v) is 9.45. The third kappa shape index (κ3) is 5.91. The van der Waals surface area contributed by atoms with Crippen LogP contribution in [0, 0.1) is 0 Å². The molecule has 1 N–H and O–H groups in total. The van der Waals surface area contributed by atoms with Crippen LogP contribution >= 0.6 is 50.8 Å². The molecule has 0 amide bonds. The van der Waals surface area contributed by atoms with Gasteiger partial charge in [-0.05, 0) is 58.1 Å². The second-order valence-electron chi connectivity index (χ2n) is 7.89. The summed E-state index contributed by atoms with van der Waals surface area (Å²) >= 11 is 13.1. The molecule has 0 unspecified atom stereocenters. The van der Waals surface area contributed by atoms with E-state index in [9.17, 15) is 4.79 Å². The molecule has 0 radical (unpaired) electrons. The lowest BCUT2D eigenvalue weighted by molar-refractivity contribution is 0.0603. The Labute approximate surface area is 222 Å². The fourth-order valence-electron chi connectivity index (χ4n) is 3.88. The van der Waals surface area contributed by atoms with Crippen LogP contribution in [0.1, 0.15) is 28.1 Å². The zero-order valence-corrected chi connectivity index (χ0v) is 23.0. The van der Waals surface area contributed by atoms with Gasteiger partial charge in [-0.1, -0.05) is 53.9 Å². The van der Waals surface area contributed by atoms with Gasteiger partial charge in [-0.3, -0.25) is 4.31 Å². The summed E-state index contributed by atoms with van der Waals surface area (Å²) in [5.74, 6) is 1.00. The van der Waals surface area contributed by atoms with Crippen LogP contribution in [-0.4, -0.2) is 43.6 Å². The van der Waals surface area contributed by atoms with Gasteiger partial charge in [0.2, 0.25) is 0 Å². The average Bonchev–Trinajstić information content (AvgIpc) is 3.20. The largest absolute Gasteiger partial charge is 0.494 e. The molecule has 0 spiro atoms. The third-order valence-electron chi connectivity index (χ3n) is 5.69. The summed E-state index contributed by atoms with van der Waals surface area (Å²) in [7, 11) is 2.93. The first-order valence-corrected chi connectivity index (χ1v) is 13.9. The van der Waals surface area contributed by atoms with E-state index in [0.29, 0.717) is 16.7 Å². The molecule has 9 heteroatoms. The van der Waals surface area contributed by atoms with Gasteiger partial charge in [-0.2, -0.15) is 0 Å². The fraction of sp³-hybridized carbons (Fsp3) is 0.320. The number of ether oxygens (including phenoxy) is 2. The number of esters is 1. The highest BCUT2D eigenvalue weighted by Gasteiger charge is 2.24. The molecular formula is C25H26BrClN2O3S2. The van der Waals surface area contributed by atoms with E-state index in [-0.39, 0.29) is 0 Å². The van der Waals surface area contributed by atoms with E-state index in [0.717, 1.165) is 57.3 Å². The number of carbonyl (C=O) groups is 1.